The fourth-order valence-electron chi connectivity index (χ4n) is 6.41. The third-order valence-electron chi connectivity index (χ3n) is 9.08. The highest BCUT2D eigenvalue weighted by Gasteiger charge is 2.35. The van der Waals surface area contributed by atoms with E-state index < -0.39 is 16.9 Å². The Morgan fingerprint density at radius 3 is 2.62 bits per heavy atom. The minimum atomic E-state index is -0.907. The second kappa shape index (κ2) is 12.4. The maximum absolute atomic E-state index is 12.2. The summed E-state index contributed by atoms with van der Waals surface area (Å²) >= 11 is -0.907. The number of anilines is 3. The Hall–Kier alpha value is -2.73. The first-order chi connectivity index (χ1) is 19.2. The normalized spacial score (nSPS) is 24.9. The molecule has 40 heavy (non-hydrogen) atoms. The van der Waals surface area contributed by atoms with Crippen LogP contribution in [-0.4, -0.2) is 66.7 Å². The van der Waals surface area contributed by atoms with Crippen LogP contribution in [0.5, 0.6) is 0 Å². The van der Waals surface area contributed by atoms with Gasteiger partial charge in [0.25, 0.3) is 0 Å². The first-order valence-corrected chi connectivity index (χ1v) is 16.5. The van der Waals surface area contributed by atoms with E-state index in [9.17, 15) is 9.35 Å². The van der Waals surface area contributed by atoms with Gasteiger partial charge < -0.3 is 25.4 Å². The standard InChI is InChI=1S/C28H44N8O3S/c1-17-10-12-20(13-11-17)15-36(19(3)35-14-6-9-22(35)16-40(4)38)23-24(29)31-26(27-33-28(37)39-34-27)32-25(23)30-18(2)21-7-5-8-21/h17-18,20-22H,3,5-16H2,1-2,4H3,(H,33,34,37)(H3,29,30,31,32)/t17-,18-,20-,22?,40?/m1/s1. The largest absolute Gasteiger partial charge is 0.616 e. The number of nitrogens with two attached hydrogens (primary N) is 1. The number of aromatic nitrogens is 4. The lowest BCUT2D eigenvalue weighted by atomic mass is 9.80. The van der Waals surface area contributed by atoms with E-state index in [4.69, 9.17) is 15.2 Å². The number of rotatable bonds is 11. The van der Waals surface area contributed by atoms with E-state index >= 15 is 0 Å². The third kappa shape index (κ3) is 6.43. The van der Waals surface area contributed by atoms with E-state index in [0.29, 0.717) is 29.1 Å². The Labute approximate surface area is 239 Å². The maximum Gasteiger partial charge on any atom is 0.439 e. The van der Waals surface area contributed by atoms with Gasteiger partial charge in [0.05, 0.1) is 12.3 Å². The molecule has 3 aliphatic rings. The van der Waals surface area contributed by atoms with Crippen LogP contribution in [0.1, 0.15) is 71.6 Å². The lowest BCUT2D eigenvalue weighted by Crippen LogP contribution is -2.43. The van der Waals surface area contributed by atoms with Crippen LogP contribution < -0.4 is 21.7 Å². The van der Waals surface area contributed by atoms with Crippen molar-refractivity contribution in [3.05, 3.63) is 23.0 Å². The van der Waals surface area contributed by atoms with Crippen molar-refractivity contribution in [2.45, 2.75) is 83.7 Å². The number of nitrogen functional groups attached to an aromatic ring is 1. The zero-order chi connectivity index (χ0) is 28.4. The summed E-state index contributed by atoms with van der Waals surface area (Å²) in [5.74, 6) is 3.80. The number of hydrogen-bond donors (Lipinski definition) is 3. The molecule has 2 unspecified atom stereocenters. The Morgan fingerprint density at radius 2 is 2.00 bits per heavy atom. The van der Waals surface area contributed by atoms with Crippen molar-refractivity contribution in [2.75, 3.05) is 41.0 Å². The van der Waals surface area contributed by atoms with E-state index in [2.05, 4.69) is 50.7 Å². The molecule has 2 aliphatic carbocycles. The molecule has 12 heteroatoms. The Morgan fingerprint density at radius 1 is 1.25 bits per heavy atom. The quantitative estimate of drug-likeness (QED) is 0.337. The molecule has 4 N–H and O–H groups in total. The molecular formula is C28H44N8O3S. The zero-order valence-corrected chi connectivity index (χ0v) is 24.8. The minimum Gasteiger partial charge on any atom is -0.616 e. The van der Waals surface area contributed by atoms with Gasteiger partial charge in [-0.2, -0.15) is 0 Å². The summed E-state index contributed by atoms with van der Waals surface area (Å²) in [7, 11) is 0. The van der Waals surface area contributed by atoms with Crippen molar-refractivity contribution in [3.63, 3.8) is 0 Å². The highest BCUT2D eigenvalue weighted by molar-refractivity contribution is 7.90. The van der Waals surface area contributed by atoms with E-state index in [-0.39, 0.29) is 29.6 Å². The molecule has 2 aromatic heterocycles. The van der Waals surface area contributed by atoms with Crippen molar-refractivity contribution in [1.29, 1.82) is 0 Å². The zero-order valence-electron chi connectivity index (χ0n) is 24.0. The van der Waals surface area contributed by atoms with Crippen molar-refractivity contribution in [1.82, 2.24) is 25.0 Å². The monoisotopic (exact) mass is 572 g/mol. The molecule has 3 heterocycles. The van der Waals surface area contributed by atoms with Gasteiger partial charge in [0.1, 0.15) is 17.3 Å². The number of nitrogens with one attached hydrogen (secondary N) is 2. The third-order valence-corrected chi connectivity index (χ3v) is 9.93. The van der Waals surface area contributed by atoms with Gasteiger partial charge >= 0.3 is 5.76 Å². The number of hydrogen-bond acceptors (Lipinski definition) is 10. The predicted molar refractivity (Wildman–Crippen MR) is 159 cm³/mol. The van der Waals surface area contributed by atoms with E-state index in [1.807, 2.05) is 0 Å². The first-order valence-electron chi connectivity index (χ1n) is 14.7. The molecule has 220 valence electrons. The molecule has 2 saturated carbocycles. The lowest BCUT2D eigenvalue weighted by molar-refractivity contribution is 0.280. The highest BCUT2D eigenvalue weighted by atomic mass is 32.2. The lowest BCUT2D eigenvalue weighted by Gasteiger charge is -2.40. The van der Waals surface area contributed by atoms with Gasteiger partial charge in [-0.1, -0.05) is 49.1 Å². The van der Waals surface area contributed by atoms with Crippen molar-refractivity contribution in [3.8, 4) is 11.6 Å². The van der Waals surface area contributed by atoms with Gasteiger partial charge in [0, 0.05) is 19.1 Å². The molecule has 0 amide bonds. The fourth-order valence-corrected chi connectivity index (χ4v) is 7.30. The molecule has 0 radical (unpaired) electrons. The van der Waals surface area contributed by atoms with Crippen LogP contribution in [0.15, 0.2) is 21.7 Å². The predicted octanol–water partition coefficient (Wildman–Crippen LogP) is 3.95. The summed E-state index contributed by atoms with van der Waals surface area (Å²) in [6.45, 7) is 10.7. The molecule has 0 spiro atoms. The Balaban J connectivity index is 1.55. The molecule has 1 aliphatic heterocycles. The summed E-state index contributed by atoms with van der Waals surface area (Å²) in [4.78, 5) is 28.2. The number of aromatic amines is 1. The van der Waals surface area contributed by atoms with Crippen LogP contribution in [0.3, 0.4) is 0 Å². The van der Waals surface area contributed by atoms with E-state index in [1.165, 1.54) is 32.1 Å². The van der Waals surface area contributed by atoms with Crippen LogP contribution in [0.25, 0.3) is 11.6 Å². The topological polar surface area (TPSA) is 152 Å². The van der Waals surface area contributed by atoms with Crippen molar-refractivity contribution >= 4 is 28.5 Å². The van der Waals surface area contributed by atoms with Gasteiger partial charge in [0.2, 0.25) is 11.6 Å². The SMILES string of the molecule is C=C(N(C[C@H]1CC[C@H](C)CC1)c1c(N)nc(-c2noc(=O)[nH]2)nc1N[C@H](C)C1CCC1)N1CCCC1C[S+](C)[O-]. The number of H-pyrrole nitrogens is 1. The van der Waals surface area contributed by atoms with E-state index in [0.717, 1.165) is 50.5 Å². The first kappa shape index (κ1) is 28.8. The molecule has 2 aromatic rings. The Kier molecular flexibility index (Phi) is 8.94. The highest BCUT2D eigenvalue weighted by Crippen LogP contribution is 2.40. The van der Waals surface area contributed by atoms with Gasteiger partial charge in [-0.3, -0.25) is 9.51 Å². The van der Waals surface area contributed by atoms with Crippen LogP contribution in [0.4, 0.5) is 17.3 Å². The molecule has 5 rings (SSSR count). The average Bonchev–Trinajstić information content (AvgIpc) is 3.51. The summed E-state index contributed by atoms with van der Waals surface area (Å²) in [5.41, 5.74) is 7.45. The summed E-state index contributed by atoms with van der Waals surface area (Å²) in [5, 5.41) is 7.45. The molecule has 3 atom stereocenters. The van der Waals surface area contributed by atoms with Crippen LogP contribution in [0, 0.1) is 17.8 Å². The molecule has 0 aromatic carbocycles. The smallest absolute Gasteiger partial charge is 0.439 e. The minimum absolute atomic E-state index is 0.138. The second-order valence-electron chi connectivity index (χ2n) is 12.1. The van der Waals surface area contributed by atoms with Crippen molar-refractivity contribution < 1.29 is 9.08 Å². The fraction of sp³-hybridized carbons (Fsp3) is 0.714. The van der Waals surface area contributed by atoms with Gasteiger partial charge in [-0.05, 0) is 63.2 Å². The molecule has 0 bridgehead atoms. The number of likely N-dealkylation sites (tertiary alicyclic amines) is 1. The molecular weight excluding hydrogens is 528 g/mol. The summed E-state index contributed by atoms with van der Waals surface area (Å²) in [6.07, 6.45) is 12.1. The van der Waals surface area contributed by atoms with E-state index in [1.54, 1.807) is 6.26 Å². The summed E-state index contributed by atoms with van der Waals surface area (Å²) in [6, 6.07) is 0.345. The maximum atomic E-state index is 12.2. The molecule has 11 nitrogen and oxygen atoms in total. The molecule has 3 fully saturated rings. The van der Waals surface area contributed by atoms with Crippen LogP contribution in [-0.2, 0) is 11.2 Å². The van der Waals surface area contributed by atoms with Gasteiger partial charge in [0.15, 0.2) is 11.6 Å². The van der Waals surface area contributed by atoms with Crippen LogP contribution >= 0.6 is 0 Å². The summed E-state index contributed by atoms with van der Waals surface area (Å²) < 4.78 is 16.9. The van der Waals surface area contributed by atoms with Gasteiger partial charge in [-0.15, -0.1) is 0 Å². The Bertz CT molecular complexity index is 1220. The average molecular weight is 573 g/mol. The number of nitrogens with zero attached hydrogens (tertiary/aromatic N) is 5. The van der Waals surface area contributed by atoms with Gasteiger partial charge in [-0.25, -0.2) is 14.8 Å². The van der Waals surface area contributed by atoms with Crippen LogP contribution in [0.2, 0.25) is 0 Å². The van der Waals surface area contributed by atoms with Crippen molar-refractivity contribution in [2.24, 2.45) is 17.8 Å². The molecule has 1 saturated heterocycles. The second-order valence-corrected chi connectivity index (χ2v) is 13.6.